The van der Waals surface area contributed by atoms with Gasteiger partial charge in [0.25, 0.3) is 5.91 Å². The Balaban J connectivity index is 1.51. The van der Waals surface area contributed by atoms with Crippen molar-refractivity contribution in [3.63, 3.8) is 0 Å². The van der Waals surface area contributed by atoms with Crippen molar-refractivity contribution < 1.29 is 19.0 Å². The van der Waals surface area contributed by atoms with Crippen LogP contribution in [0.3, 0.4) is 0 Å². The van der Waals surface area contributed by atoms with Crippen LogP contribution in [0.2, 0.25) is 0 Å². The van der Waals surface area contributed by atoms with E-state index in [0.717, 1.165) is 44.6 Å². The van der Waals surface area contributed by atoms with Crippen LogP contribution in [0.25, 0.3) is 0 Å². The lowest BCUT2D eigenvalue weighted by molar-refractivity contribution is 0.0256. The standard InChI is InChI=1S/C18H25NO4/c1-21-12-14-4-7-17(14)19-18(20)13-2-5-15(6-3-13)23-16-8-10-22-11-9-16/h2-3,5-6,14,16-17H,4,7-12H2,1H3,(H,19,20)/t14-,17-/m1/s1. The van der Waals surface area contributed by atoms with Crippen molar-refractivity contribution in [2.45, 2.75) is 37.8 Å². The van der Waals surface area contributed by atoms with E-state index in [2.05, 4.69) is 5.32 Å². The highest BCUT2D eigenvalue weighted by molar-refractivity contribution is 5.94. The third kappa shape index (κ3) is 4.24. The lowest BCUT2D eigenvalue weighted by atomic mass is 9.80. The number of carbonyl (C=O) groups is 1. The number of hydrogen-bond donors (Lipinski definition) is 1. The predicted octanol–water partition coefficient (Wildman–Crippen LogP) is 2.40. The second-order valence-corrected chi connectivity index (χ2v) is 6.33. The first kappa shape index (κ1) is 16.3. The van der Waals surface area contributed by atoms with Crippen molar-refractivity contribution in [3.8, 4) is 5.75 Å². The molecule has 1 heterocycles. The molecule has 23 heavy (non-hydrogen) atoms. The monoisotopic (exact) mass is 319 g/mol. The van der Waals surface area contributed by atoms with Gasteiger partial charge in [0.05, 0.1) is 19.8 Å². The Morgan fingerprint density at radius 1 is 1.17 bits per heavy atom. The van der Waals surface area contributed by atoms with Crippen molar-refractivity contribution in [1.82, 2.24) is 5.32 Å². The third-order valence-corrected chi connectivity index (χ3v) is 4.70. The topological polar surface area (TPSA) is 56.8 Å². The molecule has 2 atom stereocenters. The zero-order chi connectivity index (χ0) is 16.1. The van der Waals surface area contributed by atoms with Crippen molar-refractivity contribution in [3.05, 3.63) is 29.8 Å². The Hall–Kier alpha value is -1.59. The molecule has 0 radical (unpaired) electrons. The van der Waals surface area contributed by atoms with Crippen molar-refractivity contribution >= 4 is 5.91 Å². The van der Waals surface area contributed by atoms with E-state index in [-0.39, 0.29) is 18.1 Å². The van der Waals surface area contributed by atoms with E-state index >= 15 is 0 Å². The summed E-state index contributed by atoms with van der Waals surface area (Å²) in [6.07, 6.45) is 4.21. The Bertz CT molecular complexity index is 510. The summed E-state index contributed by atoms with van der Waals surface area (Å²) < 4.78 is 16.4. The van der Waals surface area contributed by atoms with Crippen LogP contribution in [-0.4, -0.2) is 45.0 Å². The van der Waals surface area contributed by atoms with Crippen LogP contribution in [0, 0.1) is 5.92 Å². The van der Waals surface area contributed by atoms with Crippen molar-refractivity contribution in [2.24, 2.45) is 5.92 Å². The van der Waals surface area contributed by atoms with Crippen LogP contribution in [0.15, 0.2) is 24.3 Å². The molecular weight excluding hydrogens is 294 g/mol. The second kappa shape index (κ2) is 7.79. The smallest absolute Gasteiger partial charge is 0.251 e. The van der Waals surface area contributed by atoms with Gasteiger partial charge in [-0.25, -0.2) is 0 Å². The Morgan fingerprint density at radius 2 is 1.91 bits per heavy atom. The number of benzene rings is 1. The largest absolute Gasteiger partial charge is 0.490 e. The molecule has 0 aromatic heterocycles. The van der Waals surface area contributed by atoms with Gasteiger partial charge in [0.1, 0.15) is 11.9 Å². The van der Waals surface area contributed by atoms with E-state index in [9.17, 15) is 4.79 Å². The lowest BCUT2D eigenvalue weighted by Gasteiger charge is -2.36. The van der Waals surface area contributed by atoms with Gasteiger partial charge in [0, 0.05) is 37.5 Å². The number of amides is 1. The number of ether oxygens (including phenoxy) is 3. The molecular formula is C18H25NO4. The molecule has 1 saturated carbocycles. The van der Waals surface area contributed by atoms with Gasteiger partial charge in [0.2, 0.25) is 0 Å². The van der Waals surface area contributed by atoms with Gasteiger partial charge in [0.15, 0.2) is 0 Å². The van der Waals surface area contributed by atoms with Gasteiger partial charge in [-0.3, -0.25) is 4.79 Å². The molecule has 0 bridgehead atoms. The Kier molecular flexibility index (Phi) is 5.51. The van der Waals surface area contributed by atoms with Gasteiger partial charge < -0.3 is 19.5 Å². The average molecular weight is 319 g/mol. The minimum Gasteiger partial charge on any atom is -0.490 e. The van der Waals surface area contributed by atoms with Crippen LogP contribution in [-0.2, 0) is 9.47 Å². The molecule has 2 aliphatic rings. The normalized spacial score (nSPS) is 24.7. The fourth-order valence-electron chi connectivity index (χ4n) is 3.10. The summed E-state index contributed by atoms with van der Waals surface area (Å²) in [7, 11) is 1.70. The highest BCUT2D eigenvalue weighted by Gasteiger charge is 2.32. The minimum atomic E-state index is -0.0200. The molecule has 0 unspecified atom stereocenters. The van der Waals surface area contributed by atoms with Gasteiger partial charge in [-0.2, -0.15) is 0 Å². The van der Waals surface area contributed by atoms with E-state index in [1.165, 1.54) is 0 Å². The molecule has 5 heteroatoms. The summed E-state index contributed by atoms with van der Waals surface area (Å²) in [6.45, 7) is 2.23. The van der Waals surface area contributed by atoms with E-state index < -0.39 is 0 Å². The van der Waals surface area contributed by atoms with Gasteiger partial charge in [-0.1, -0.05) is 0 Å². The zero-order valence-corrected chi connectivity index (χ0v) is 13.6. The number of hydrogen-bond acceptors (Lipinski definition) is 4. The fourth-order valence-corrected chi connectivity index (χ4v) is 3.10. The molecule has 1 aromatic rings. The molecule has 5 nitrogen and oxygen atoms in total. The van der Waals surface area contributed by atoms with E-state index in [1.54, 1.807) is 7.11 Å². The van der Waals surface area contributed by atoms with Gasteiger partial charge >= 0.3 is 0 Å². The van der Waals surface area contributed by atoms with Gasteiger partial charge in [-0.15, -0.1) is 0 Å². The summed E-state index contributed by atoms with van der Waals surface area (Å²) in [5, 5.41) is 3.09. The van der Waals surface area contributed by atoms with Gasteiger partial charge in [-0.05, 0) is 37.1 Å². The molecule has 0 spiro atoms. The highest BCUT2D eigenvalue weighted by Crippen LogP contribution is 2.28. The van der Waals surface area contributed by atoms with Crippen LogP contribution in [0.1, 0.15) is 36.0 Å². The molecule has 126 valence electrons. The maximum absolute atomic E-state index is 12.3. The molecule has 1 amide bonds. The molecule has 1 saturated heterocycles. The molecule has 2 fully saturated rings. The summed E-state index contributed by atoms with van der Waals surface area (Å²) in [5.74, 6) is 1.24. The average Bonchev–Trinajstić information content (AvgIpc) is 2.58. The summed E-state index contributed by atoms with van der Waals surface area (Å²) in [6, 6.07) is 7.64. The third-order valence-electron chi connectivity index (χ3n) is 4.70. The summed E-state index contributed by atoms with van der Waals surface area (Å²) in [5.41, 5.74) is 0.674. The van der Waals surface area contributed by atoms with Crippen LogP contribution < -0.4 is 10.1 Å². The second-order valence-electron chi connectivity index (χ2n) is 6.33. The number of carbonyl (C=O) groups excluding carboxylic acids is 1. The van der Waals surface area contributed by atoms with E-state index in [4.69, 9.17) is 14.2 Å². The zero-order valence-electron chi connectivity index (χ0n) is 13.6. The molecule has 1 aliphatic heterocycles. The quantitative estimate of drug-likeness (QED) is 0.875. The minimum absolute atomic E-state index is 0.0200. The molecule has 3 rings (SSSR count). The number of nitrogens with one attached hydrogen (secondary N) is 1. The Labute approximate surface area is 137 Å². The van der Waals surface area contributed by atoms with Crippen molar-refractivity contribution in [1.29, 1.82) is 0 Å². The number of methoxy groups -OCH3 is 1. The van der Waals surface area contributed by atoms with Crippen LogP contribution in [0.4, 0.5) is 0 Å². The summed E-state index contributed by atoms with van der Waals surface area (Å²) in [4.78, 5) is 12.3. The fraction of sp³-hybridized carbons (Fsp3) is 0.611. The maximum Gasteiger partial charge on any atom is 0.251 e. The van der Waals surface area contributed by atoms with E-state index in [1.807, 2.05) is 24.3 Å². The van der Waals surface area contributed by atoms with Crippen molar-refractivity contribution in [2.75, 3.05) is 26.9 Å². The van der Waals surface area contributed by atoms with Crippen LogP contribution >= 0.6 is 0 Å². The lowest BCUT2D eigenvalue weighted by Crippen LogP contribution is -2.48. The maximum atomic E-state index is 12.3. The van der Waals surface area contributed by atoms with Crippen LogP contribution in [0.5, 0.6) is 5.75 Å². The summed E-state index contributed by atoms with van der Waals surface area (Å²) >= 11 is 0. The first-order valence-electron chi connectivity index (χ1n) is 8.40. The first-order chi connectivity index (χ1) is 11.3. The number of rotatable bonds is 6. The first-order valence-corrected chi connectivity index (χ1v) is 8.40. The predicted molar refractivity (Wildman–Crippen MR) is 86.8 cm³/mol. The highest BCUT2D eigenvalue weighted by atomic mass is 16.5. The Morgan fingerprint density at radius 3 is 2.52 bits per heavy atom. The molecule has 1 aromatic carbocycles. The SMILES string of the molecule is COC[C@H]1CC[C@H]1NC(=O)c1ccc(OC2CCOCC2)cc1. The molecule has 1 aliphatic carbocycles. The molecule has 1 N–H and O–H groups in total. The van der Waals surface area contributed by atoms with E-state index in [0.29, 0.717) is 18.1 Å².